The zero-order chi connectivity index (χ0) is 15.8. The van der Waals surface area contributed by atoms with Crippen LogP contribution in [0.25, 0.3) is 0 Å². The van der Waals surface area contributed by atoms with Crippen molar-refractivity contribution in [3.8, 4) is 0 Å². The van der Waals surface area contributed by atoms with E-state index >= 15 is 0 Å². The third kappa shape index (κ3) is 5.34. The summed E-state index contributed by atoms with van der Waals surface area (Å²) in [7, 11) is 0. The zero-order valence-electron chi connectivity index (χ0n) is 12.8. The molecule has 1 saturated heterocycles. The molecule has 1 aliphatic rings. The highest BCUT2D eigenvalue weighted by Crippen LogP contribution is 2.12. The summed E-state index contributed by atoms with van der Waals surface area (Å²) in [6.07, 6.45) is 2.69. The topological polar surface area (TPSA) is 102 Å². The Labute approximate surface area is 125 Å². The molecule has 0 spiro atoms. The van der Waals surface area contributed by atoms with Gasteiger partial charge in [-0.1, -0.05) is 6.92 Å². The van der Waals surface area contributed by atoms with Crippen LogP contribution >= 0.6 is 0 Å². The molecule has 1 aliphatic heterocycles. The van der Waals surface area contributed by atoms with Crippen molar-refractivity contribution in [2.75, 3.05) is 19.7 Å². The summed E-state index contributed by atoms with van der Waals surface area (Å²) in [5.41, 5.74) is 5.60. The predicted molar refractivity (Wildman–Crippen MR) is 77.3 cm³/mol. The first kappa shape index (κ1) is 17.4. The van der Waals surface area contributed by atoms with Gasteiger partial charge in [0.15, 0.2) is 6.04 Å². The highest BCUT2D eigenvalue weighted by molar-refractivity contribution is 6.01. The van der Waals surface area contributed by atoms with Crippen molar-refractivity contribution in [2.24, 2.45) is 5.73 Å². The van der Waals surface area contributed by atoms with Gasteiger partial charge in [-0.3, -0.25) is 9.59 Å². The van der Waals surface area contributed by atoms with Crippen LogP contribution < -0.4 is 11.1 Å². The van der Waals surface area contributed by atoms with E-state index in [0.717, 1.165) is 6.42 Å². The first-order valence-corrected chi connectivity index (χ1v) is 7.49. The quantitative estimate of drug-likeness (QED) is 0.522. The molecule has 2 amide bonds. The van der Waals surface area contributed by atoms with E-state index in [1.165, 1.54) is 0 Å². The van der Waals surface area contributed by atoms with Crippen LogP contribution in [0.1, 0.15) is 39.5 Å². The van der Waals surface area contributed by atoms with Crippen LogP contribution in [-0.2, 0) is 19.1 Å². The van der Waals surface area contributed by atoms with E-state index in [-0.39, 0.29) is 18.6 Å². The minimum Gasteiger partial charge on any atom is -0.464 e. The Bertz CT molecular complexity index is 378. The summed E-state index contributed by atoms with van der Waals surface area (Å²) in [6, 6.07) is -1.16. The second-order valence-electron chi connectivity index (χ2n) is 5.15. The molecule has 0 aromatic rings. The average molecular weight is 299 g/mol. The largest absolute Gasteiger partial charge is 0.464 e. The molecular weight excluding hydrogens is 274 g/mol. The summed E-state index contributed by atoms with van der Waals surface area (Å²) in [5.74, 6) is -1.06. The molecule has 3 N–H and O–H groups in total. The Kier molecular flexibility index (Phi) is 7.14. The predicted octanol–water partition coefficient (Wildman–Crippen LogP) is -0.216. The number of nitrogens with two attached hydrogens (primary N) is 1. The van der Waals surface area contributed by atoms with Crippen molar-refractivity contribution in [3.05, 3.63) is 0 Å². The molecule has 1 unspecified atom stereocenters. The van der Waals surface area contributed by atoms with Gasteiger partial charge in [-0.2, -0.15) is 0 Å². The van der Waals surface area contributed by atoms with Crippen molar-refractivity contribution in [1.29, 1.82) is 0 Å². The number of carbonyl (C=O) groups excluding carboxylic acids is 3. The van der Waals surface area contributed by atoms with Crippen LogP contribution in [0.4, 0.5) is 0 Å². The number of likely N-dealkylation sites (tertiary alicyclic amines) is 1. The van der Waals surface area contributed by atoms with E-state index in [1.807, 2.05) is 6.92 Å². The van der Waals surface area contributed by atoms with Gasteiger partial charge in [-0.05, 0) is 26.2 Å². The highest BCUT2D eigenvalue weighted by Gasteiger charge is 2.31. The van der Waals surface area contributed by atoms with Gasteiger partial charge >= 0.3 is 5.97 Å². The van der Waals surface area contributed by atoms with Crippen LogP contribution in [0, 0.1) is 0 Å². The summed E-state index contributed by atoms with van der Waals surface area (Å²) in [4.78, 5) is 36.6. The fraction of sp³-hybridized carbons (Fsp3) is 0.786. The van der Waals surface area contributed by atoms with Gasteiger partial charge in [-0.15, -0.1) is 0 Å². The standard InChI is InChI=1S/C14H25N3O4/c1-3-5-11(18)16-10-6-8-17(9-7-10)13(19)12(15)14(20)21-4-2/h10,12H,3-9,15H2,1-2H3,(H,16,18). The van der Waals surface area contributed by atoms with Crippen molar-refractivity contribution < 1.29 is 19.1 Å². The molecule has 0 saturated carbocycles. The summed E-state index contributed by atoms with van der Waals surface area (Å²) >= 11 is 0. The zero-order valence-corrected chi connectivity index (χ0v) is 12.8. The molecule has 7 heteroatoms. The number of piperidine rings is 1. The molecule has 1 rings (SSSR count). The van der Waals surface area contributed by atoms with E-state index < -0.39 is 17.9 Å². The van der Waals surface area contributed by atoms with Crippen molar-refractivity contribution in [2.45, 2.75) is 51.6 Å². The second kappa shape index (κ2) is 8.61. The molecule has 0 bridgehead atoms. The first-order valence-electron chi connectivity index (χ1n) is 7.49. The Morgan fingerprint density at radius 3 is 2.43 bits per heavy atom. The van der Waals surface area contributed by atoms with Crippen LogP contribution in [-0.4, -0.2) is 54.5 Å². The van der Waals surface area contributed by atoms with Gasteiger partial charge in [0.05, 0.1) is 6.61 Å². The van der Waals surface area contributed by atoms with Gasteiger partial charge in [0.1, 0.15) is 0 Å². The van der Waals surface area contributed by atoms with Crippen molar-refractivity contribution >= 4 is 17.8 Å². The summed E-state index contributed by atoms with van der Waals surface area (Å²) in [6.45, 7) is 4.80. The Balaban J connectivity index is 2.40. The Hall–Kier alpha value is -1.63. The third-order valence-corrected chi connectivity index (χ3v) is 3.46. The first-order chi connectivity index (χ1) is 9.99. The summed E-state index contributed by atoms with van der Waals surface area (Å²) < 4.78 is 4.75. The third-order valence-electron chi connectivity index (χ3n) is 3.46. The molecule has 1 fully saturated rings. The van der Waals surface area contributed by atoms with Gasteiger partial charge in [0.25, 0.3) is 5.91 Å². The molecule has 0 aliphatic carbocycles. The lowest BCUT2D eigenvalue weighted by Gasteiger charge is -2.33. The Morgan fingerprint density at radius 1 is 1.29 bits per heavy atom. The SMILES string of the molecule is CCCC(=O)NC1CCN(C(=O)C(N)C(=O)OCC)CC1. The molecular formula is C14H25N3O4. The van der Waals surface area contributed by atoms with Crippen LogP contribution in [0.2, 0.25) is 0 Å². The van der Waals surface area contributed by atoms with Crippen molar-refractivity contribution in [3.63, 3.8) is 0 Å². The number of amides is 2. The maximum absolute atomic E-state index is 12.1. The Morgan fingerprint density at radius 2 is 1.90 bits per heavy atom. The molecule has 1 heterocycles. The molecule has 21 heavy (non-hydrogen) atoms. The van der Waals surface area contributed by atoms with E-state index in [1.54, 1.807) is 11.8 Å². The minimum atomic E-state index is -1.25. The van der Waals surface area contributed by atoms with Crippen LogP contribution in [0.3, 0.4) is 0 Å². The van der Waals surface area contributed by atoms with E-state index in [9.17, 15) is 14.4 Å². The van der Waals surface area contributed by atoms with Gasteiger partial charge < -0.3 is 20.7 Å². The van der Waals surface area contributed by atoms with Gasteiger partial charge in [0.2, 0.25) is 5.91 Å². The summed E-state index contributed by atoms with van der Waals surface area (Å²) in [5, 5.41) is 2.95. The monoisotopic (exact) mass is 299 g/mol. The number of esters is 1. The van der Waals surface area contributed by atoms with Crippen LogP contribution in [0.5, 0.6) is 0 Å². The maximum atomic E-state index is 12.1. The maximum Gasteiger partial charge on any atom is 0.332 e. The lowest BCUT2D eigenvalue weighted by molar-refractivity contribution is -0.151. The molecule has 0 aromatic carbocycles. The normalized spacial score (nSPS) is 17.2. The number of carbonyl (C=O) groups is 3. The fourth-order valence-electron chi connectivity index (χ4n) is 2.30. The number of hydrogen-bond donors (Lipinski definition) is 2. The van der Waals surface area contributed by atoms with Crippen LogP contribution in [0.15, 0.2) is 0 Å². The highest BCUT2D eigenvalue weighted by atomic mass is 16.5. The average Bonchev–Trinajstić information content (AvgIpc) is 2.47. The molecule has 7 nitrogen and oxygen atoms in total. The van der Waals surface area contributed by atoms with Gasteiger partial charge in [-0.25, -0.2) is 4.79 Å². The lowest BCUT2D eigenvalue weighted by Crippen LogP contribution is -2.53. The molecule has 0 aromatic heterocycles. The van der Waals surface area contributed by atoms with Gasteiger partial charge in [0, 0.05) is 25.6 Å². The number of rotatable bonds is 6. The number of nitrogens with one attached hydrogen (secondary N) is 1. The molecule has 120 valence electrons. The molecule has 1 atom stereocenters. The van der Waals surface area contributed by atoms with E-state index in [0.29, 0.717) is 32.4 Å². The lowest BCUT2D eigenvalue weighted by atomic mass is 10.0. The van der Waals surface area contributed by atoms with E-state index in [2.05, 4.69) is 5.32 Å². The fourth-order valence-corrected chi connectivity index (χ4v) is 2.30. The second-order valence-corrected chi connectivity index (χ2v) is 5.15. The van der Waals surface area contributed by atoms with E-state index in [4.69, 9.17) is 10.5 Å². The molecule has 0 radical (unpaired) electrons. The number of ether oxygens (including phenoxy) is 1. The smallest absolute Gasteiger partial charge is 0.332 e. The minimum absolute atomic E-state index is 0.0468. The number of hydrogen-bond acceptors (Lipinski definition) is 5. The number of nitrogens with zero attached hydrogens (tertiary/aromatic N) is 1. The van der Waals surface area contributed by atoms with Crippen molar-refractivity contribution in [1.82, 2.24) is 10.2 Å².